The van der Waals surface area contributed by atoms with Crippen LogP contribution in [0.4, 0.5) is 0 Å². The molecule has 0 amide bonds. The van der Waals surface area contributed by atoms with E-state index in [0.717, 1.165) is 19.6 Å². The summed E-state index contributed by atoms with van der Waals surface area (Å²) in [6.07, 6.45) is 3.78. The van der Waals surface area contributed by atoms with Gasteiger partial charge in [0.25, 0.3) is 0 Å². The molecule has 0 fully saturated rings. The van der Waals surface area contributed by atoms with Crippen molar-refractivity contribution in [2.45, 2.75) is 40.3 Å². The molecule has 0 bridgehead atoms. The fourth-order valence-electron chi connectivity index (χ4n) is 2.32. The molecule has 1 atom stereocenters. The maximum Gasteiger partial charge on any atom is 0.0312 e. The number of pyridine rings is 1. The van der Waals surface area contributed by atoms with Crippen LogP contribution in [-0.4, -0.2) is 36.1 Å². The van der Waals surface area contributed by atoms with Crippen LogP contribution in [0, 0.1) is 11.8 Å². The molecule has 1 aromatic rings. The van der Waals surface area contributed by atoms with Crippen LogP contribution in [0.1, 0.15) is 33.3 Å². The van der Waals surface area contributed by atoms with Gasteiger partial charge in [-0.05, 0) is 37.1 Å². The average molecular weight is 263 g/mol. The minimum atomic E-state index is 0.555. The van der Waals surface area contributed by atoms with Gasteiger partial charge in [0.2, 0.25) is 0 Å². The van der Waals surface area contributed by atoms with Gasteiger partial charge in [-0.25, -0.2) is 0 Å². The first kappa shape index (κ1) is 16.1. The number of rotatable bonds is 8. The summed E-state index contributed by atoms with van der Waals surface area (Å²) in [6.45, 7) is 12.2. The van der Waals surface area contributed by atoms with Crippen LogP contribution in [0.3, 0.4) is 0 Å². The largest absolute Gasteiger partial charge is 0.315 e. The molecule has 0 saturated heterocycles. The van der Waals surface area contributed by atoms with Gasteiger partial charge in [0, 0.05) is 31.5 Å². The Bertz CT molecular complexity index is 335. The zero-order valence-corrected chi connectivity index (χ0v) is 13.1. The summed E-state index contributed by atoms with van der Waals surface area (Å²) in [5, 5.41) is 3.58. The molecule has 1 unspecified atom stereocenters. The van der Waals surface area contributed by atoms with Gasteiger partial charge in [0.1, 0.15) is 0 Å². The lowest BCUT2D eigenvalue weighted by atomic mass is 10.0. The summed E-state index contributed by atoms with van der Waals surface area (Å²) in [5.74, 6) is 1.35. The first-order valence-electron chi connectivity index (χ1n) is 7.30. The normalized spacial score (nSPS) is 13.5. The molecule has 0 aliphatic rings. The van der Waals surface area contributed by atoms with Gasteiger partial charge in [-0.3, -0.25) is 9.88 Å². The maximum absolute atomic E-state index is 4.18. The van der Waals surface area contributed by atoms with Crippen molar-refractivity contribution in [3.8, 4) is 0 Å². The van der Waals surface area contributed by atoms with E-state index in [4.69, 9.17) is 0 Å². The maximum atomic E-state index is 4.18. The lowest BCUT2D eigenvalue weighted by Gasteiger charge is -2.31. The Hall–Kier alpha value is -0.930. The Labute approximate surface area is 118 Å². The number of nitrogens with one attached hydrogen (secondary N) is 1. The molecule has 0 spiro atoms. The Morgan fingerprint density at radius 3 is 2.47 bits per heavy atom. The minimum Gasteiger partial charge on any atom is -0.315 e. The van der Waals surface area contributed by atoms with E-state index in [2.05, 4.69) is 56.0 Å². The molecule has 0 aliphatic heterocycles. The second-order valence-corrected chi connectivity index (χ2v) is 6.14. The van der Waals surface area contributed by atoms with Crippen molar-refractivity contribution in [1.82, 2.24) is 15.2 Å². The molecule has 1 N–H and O–H groups in total. The van der Waals surface area contributed by atoms with Crippen molar-refractivity contribution < 1.29 is 0 Å². The van der Waals surface area contributed by atoms with E-state index in [1.165, 1.54) is 5.56 Å². The summed E-state index contributed by atoms with van der Waals surface area (Å²) in [6, 6.07) is 4.70. The molecule has 19 heavy (non-hydrogen) atoms. The Balaban J connectivity index is 2.50. The van der Waals surface area contributed by atoms with Gasteiger partial charge >= 0.3 is 0 Å². The third-order valence-electron chi connectivity index (χ3n) is 3.40. The third kappa shape index (κ3) is 6.17. The molecule has 0 saturated carbocycles. The summed E-state index contributed by atoms with van der Waals surface area (Å²) in [4.78, 5) is 6.61. The van der Waals surface area contributed by atoms with Crippen molar-refractivity contribution in [1.29, 1.82) is 0 Å². The second kappa shape index (κ2) is 8.28. The Kier molecular flexibility index (Phi) is 7.03. The zero-order chi connectivity index (χ0) is 14.3. The van der Waals surface area contributed by atoms with Crippen molar-refractivity contribution in [2.24, 2.45) is 11.8 Å². The highest BCUT2D eigenvalue weighted by atomic mass is 15.2. The van der Waals surface area contributed by atoms with E-state index in [-0.39, 0.29) is 0 Å². The molecule has 0 aliphatic carbocycles. The SMILES string of the molecule is CC(C)CNCC(C(C)C)N(C)Cc1cccnc1. The molecule has 0 radical (unpaired) electrons. The molecule has 0 aromatic carbocycles. The van der Waals surface area contributed by atoms with E-state index in [1.807, 2.05) is 18.5 Å². The van der Waals surface area contributed by atoms with Gasteiger partial charge in [0.15, 0.2) is 0 Å². The second-order valence-electron chi connectivity index (χ2n) is 6.14. The van der Waals surface area contributed by atoms with Crippen molar-refractivity contribution >= 4 is 0 Å². The number of hydrogen-bond donors (Lipinski definition) is 1. The predicted molar refractivity (Wildman–Crippen MR) is 82.0 cm³/mol. The Morgan fingerprint density at radius 2 is 1.95 bits per heavy atom. The van der Waals surface area contributed by atoms with Crippen LogP contribution in [-0.2, 0) is 6.54 Å². The van der Waals surface area contributed by atoms with Gasteiger partial charge in [-0.15, -0.1) is 0 Å². The van der Waals surface area contributed by atoms with E-state index in [1.54, 1.807) is 0 Å². The predicted octanol–water partition coefficient (Wildman–Crippen LogP) is 2.78. The quantitative estimate of drug-likeness (QED) is 0.781. The van der Waals surface area contributed by atoms with Gasteiger partial charge in [-0.1, -0.05) is 33.8 Å². The number of hydrogen-bond acceptors (Lipinski definition) is 3. The molecule has 108 valence electrons. The molecule has 3 nitrogen and oxygen atoms in total. The molecular formula is C16H29N3. The first-order chi connectivity index (χ1) is 9.00. The monoisotopic (exact) mass is 263 g/mol. The number of aromatic nitrogens is 1. The van der Waals surface area contributed by atoms with Crippen LogP contribution >= 0.6 is 0 Å². The standard InChI is InChI=1S/C16H29N3/c1-13(2)9-18-11-16(14(3)4)19(5)12-15-7-6-8-17-10-15/h6-8,10,13-14,16,18H,9,11-12H2,1-5H3. The van der Waals surface area contributed by atoms with E-state index in [9.17, 15) is 0 Å². The highest BCUT2D eigenvalue weighted by Crippen LogP contribution is 2.12. The molecule has 3 heteroatoms. The number of nitrogens with zero attached hydrogens (tertiary/aromatic N) is 2. The fraction of sp³-hybridized carbons (Fsp3) is 0.688. The Morgan fingerprint density at radius 1 is 1.21 bits per heavy atom. The third-order valence-corrected chi connectivity index (χ3v) is 3.40. The summed E-state index contributed by atoms with van der Waals surface area (Å²) >= 11 is 0. The highest BCUT2D eigenvalue weighted by Gasteiger charge is 2.18. The van der Waals surface area contributed by atoms with Crippen LogP contribution < -0.4 is 5.32 Å². The van der Waals surface area contributed by atoms with Crippen LogP contribution in [0.5, 0.6) is 0 Å². The summed E-state index contributed by atoms with van der Waals surface area (Å²) < 4.78 is 0. The van der Waals surface area contributed by atoms with Crippen molar-refractivity contribution in [2.75, 3.05) is 20.1 Å². The fourth-order valence-corrected chi connectivity index (χ4v) is 2.32. The smallest absolute Gasteiger partial charge is 0.0312 e. The van der Waals surface area contributed by atoms with E-state index < -0.39 is 0 Å². The van der Waals surface area contributed by atoms with Gasteiger partial charge in [0.05, 0.1) is 0 Å². The van der Waals surface area contributed by atoms with Crippen molar-refractivity contribution in [3.05, 3.63) is 30.1 Å². The van der Waals surface area contributed by atoms with E-state index >= 15 is 0 Å². The topological polar surface area (TPSA) is 28.2 Å². The van der Waals surface area contributed by atoms with Gasteiger partial charge < -0.3 is 5.32 Å². The van der Waals surface area contributed by atoms with Crippen molar-refractivity contribution in [3.63, 3.8) is 0 Å². The van der Waals surface area contributed by atoms with E-state index in [0.29, 0.717) is 17.9 Å². The first-order valence-corrected chi connectivity index (χ1v) is 7.30. The van der Waals surface area contributed by atoms with Gasteiger partial charge in [-0.2, -0.15) is 0 Å². The summed E-state index contributed by atoms with van der Waals surface area (Å²) in [5.41, 5.74) is 1.28. The molecule has 1 aromatic heterocycles. The lowest BCUT2D eigenvalue weighted by Crippen LogP contribution is -2.43. The zero-order valence-electron chi connectivity index (χ0n) is 13.1. The van der Waals surface area contributed by atoms with Crippen LogP contribution in [0.25, 0.3) is 0 Å². The summed E-state index contributed by atoms with van der Waals surface area (Å²) in [7, 11) is 2.20. The van der Waals surface area contributed by atoms with Crippen LogP contribution in [0.15, 0.2) is 24.5 Å². The van der Waals surface area contributed by atoms with Crippen LogP contribution in [0.2, 0.25) is 0 Å². The molecule has 1 heterocycles. The molecular weight excluding hydrogens is 234 g/mol. The highest BCUT2D eigenvalue weighted by molar-refractivity contribution is 5.08. The molecule has 1 rings (SSSR count). The average Bonchev–Trinajstić information content (AvgIpc) is 2.35. The lowest BCUT2D eigenvalue weighted by molar-refractivity contribution is 0.178. The minimum absolute atomic E-state index is 0.555. The number of likely N-dealkylation sites (N-methyl/N-ethyl adjacent to an activating group) is 1.